The molecule has 1 N–H and O–H groups in total. The van der Waals surface area contributed by atoms with Crippen molar-refractivity contribution >= 4 is 22.7 Å². The number of nitrogens with one attached hydrogen (secondary N) is 1. The molecule has 2 aromatic heterocycles. The van der Waals surface area contributed by atoms with Crippen LogP contribution in [0.25, 0.3) is 11.0 Å². The lowest BCUT2D eigenvalue weighted by atomic mass is 9.98. The number of fused-ring (bicyclic) bond motifs is 1. The minimum Gasteiger partial charge on any atom is -0.423 e. The molecule has 140 valence electrons. The van der Waals surface area contributed by atoms with Gasteiger partial charge >= 0.3 is 11.7 Å². The molecule has 27 heavy (non-hydrogen) atoms. The first kappa shape index (κ1) is 17.3. The Hall–Kier alpha value is -3.09. The standard InChI is InChI=1S/C20H22N4O3/c1-14-9-19(25)27-18-10-16(4-5-17(14)18)22-20(26)24-7-2-3-15(12-24)11-23-8-6-21-13-23/h4-6,8-10,13,15H,2-3,7,11-12H2,1H3,(H,22,26)/t15-/m1/s1. The molecule has 0 unspecified atom stereocenters. The van der Waals surface area contributed by atoms with Crippen LogP contribution in [0.3, 0.4) is 0 Å². The van der Waals surface area contributed by atoms with Crippen LogP contribution in [0.4, 0.5) is 10.5 Å². The van der Waals surface area contributed by atoms with Gasteiger partial charge in [-0.15, -0.1) is 0 Å². The van der Waals surface area contributed by atoms with Gasteiger partial charge in [0.05, 0.1) is 6.33 Å². The number of imidazole rings is 1. The number of rotatable bonds is 3. The number of likely N-dealkylation sites (tertiary alicyclic amines) is 1. The van der Waals surface area contributed by atoms with Crippen LogP contribution in [0.15, 0.2) is 52.2 Å². The number of urea groups is 1. The molecular formula is C20H22N4O3. The van der Waals surface area contributed by atoms with Gasteiger partial charge in [-0.1, -0.05) is 0 Å². The van der Waals surface area contributed by atoms with E-state index in [4.69, 9.17) is 4.42 Å². The summed E-state index contributed by atoms with van der Waals surface area (Å²) in [6, 6.07) is 6.74. The number of aryl methyl sites for hydroxylation is 1. The number of benzene rings is 1. The molecule has 1 aliphatic rings. The Morgan fingerprint density at radius 3 is 3.07 bits per heavy atom. The fourth-order valence-electron chi connectivity index (χ4n) is 3.70. The zero-order chi connectivity index (χ0) is 18.8. The molecule has 0 aliphatic carbocycles. The molecule has 7 heteroatoms. The maximum atomic E-state index is 12.7. The molecule has 1 fully saturated rings. The number of anilines is 1. The fourth-order valence-corrected chi connectivity index (χ4v) is 3.70. The van der Waals surface area contributed by atoms with E-state index in [2.05, 4.69) is 14.9 Å². The van der Waals surface area contributed by atoms with Crippen molar-refractivity contribution in [3.05, 3.63) is 59.0 Å². The molecule has 7 nitrogen and oxygen atoms in total. The number of carbonyl (C=O) groups excluding carboxylic acids is 1. The van der Waals surface area contributed by atoms with Crippen molar-refractivity contribution in [3.63, 3.8) is 0 Å². The molecule has 3 aromatic rings. The molecule has 1 atom stereocenters. The number of amides is 2. The van der Waals surface area contributed by atoms with Crippen LogP contribution in [0.2, 0.25) is 0 Å². The maximum Gasteiger partial charge on any atom is 0.336 e. The molecule has 0 radical (unpaired) electrons. The Balaban J connectivity index is 1.45. The minimum absolute atomic E-state index is 0.125. The van der Waals surface area contributed by atoms with Gasteiger partial charge in [0.1, 0.15) is 5.58 Å². The van der Waals surface area contributed by atoms with Crippen molar-refractivity contribution in [2.45, 2.75) is 26.3 Å². The van der Waals surface area contributed by atoms with Crippen LogP contribution < -0.4 is 10.9 Å². The highest BCUT2D eigenvalue weighted by atomic mass is 16.4. The summed E-state index contributed by atoms with van der Waals surface area (Å²) in [5.41, 5.74) is 1.58. The lowest BCUT2D eigenvalue weighted by molar-refractivity contribution is 0.170. The average molecular weight is 366 g/mol. The predicted octanol–water partition coefficient (Wildman–Crippen LogP) is 3.24. The highest BCUT2D eigenvalue weighted by Crippen LogP contribution is 2.22. The van der Waals surface area contributed by atoms with E-state index in [1.807, 2.05) is 36.5 Å². The van der Waals surface area contributed by atoms with Gasteiger partial charge in [-0.05, 0) is 43.4 Å². The first-order valence-corrected chi connectivity index (χ1v) is 9.15. The summed E-state index contributed by atoms with van der Waals surface area (Å²) in [5.74, 6) is 0.413. The van der Waals surface area contributed by atoms with E-state index in [9.17, 15) is 9.59 Å². The summed E-state index contributed by atoms with van der Waals surface area (Å²) in [5, 5.41) is 3.79. The molecule has 1 saturated heterocycles. The van der Waals surface area contributed by atoms with Crippen molar-refractivity contribution in [2.24, 2.45) is 5.92 Å². The summed E-state index contributed by atoms with van der Waals surface area (Å²) in [4.78, 5) is 30.2. The zero-order valence-electron chi connectivity index (χ0n) is 15.2. The highest BCUT2D eigenvalue weighted by molar-refractivity contribution is 5.92. The summed E-state index contributed by atoms with van der Waals surface area (Å²) >= 11 is 0. The predicted molar refractivity (Wildman–Crippen MR) is 103 cm³/mol. The highest BCUT2D eigenvalue weighted by Gasteiger charge is 2.24. The van der Waals surface area contributed by atoms with Gasteiger partial charge in [0.15, 0.2) is 0 Å². The molecule has 0 bridgehead atoms. The Labute approximate surface area is 156 Å². The van der Waals surface area contributed by atoms with Gasteiger partial charge in [0, 0.05) is 55.2 Å². The van der Waals surface area contributed by atoms with Gasteiger partial charge in [-0.2, -0.15) is 0 Å². The third kappa shape index (κ3) is 3.86. The van der Waals surface area contributed by atoms with Gasteiger partial charge in [-0.3, -0.25) is 0 Å². The zero-order valence-corrected chi connectivity index (χ0v) is 15.2. The largest absolute Gasteiger partial charge is 0.423 e. The van der Waals surface area contributed by atoms with Crippen molar-refractivity contribution in [1.29, 1.82) is 0 Å². The van der Waals surface area contributed by atoms with E-state index in [1.54, 1.807) is 12.3 Å². The number of hydrogen-bond acceptors (Lipinski definition) is 4. The lowest BCUT2D eigenvalue weighted by Gasteiger charge is -2.33. The summed E-state index contributed by atoms with van der Waals surface area (Å²) < 4.78 is 7.31. The summed E-state index contributed by atoms with van der Waals surface area (Å²) in [7, 11) is 0. The first-order valence-electron chi connectivity index (χ1n) is 9.15. The van der Waals surface area contributed by atoms with Gasteiger partial charge < -0.3 is 19.2 Å². The van der Waals surface area contributed by atoms with Crippen molar-refractivity contribution < 1.29 is 9.21 Å². The quantitative estimate of drug-likeness (QED) is 0.722. The van der Waals surface area contributed by atoms with Crippen LogP contribution in [-0.2, 0) is 6.54 Å². The molecule has 2 amide bonds. The summed E-state index contributed by atoms with van der Waals surface area (Å²) in [6.07, 6.45) is 7.61. The Morgan fingerprint density at radius 2 is 2.26 bits per heavy atom. The van der Waals surface area contributed by atoms with Gasteiger partial charge in [0.2, 0.25) is 0 Å². The van der Waals surface area contributed by atoms with Gasteiger partial charge in [-0.25, -0.2) is 14.6 Å². The first-order chi connectivity index (χ1) is 13.1. The van der Waals surface area contributed by atoms with Crippen LogP contribution in [0, 0.1) is 12.8 Å². The normalized spacial score (nSPS) is 17.2. The van der Waals surface area contributed by atoms with E-state index >= 15 is 0 Å². The van der Waals surface area contributed by atoms with Crippen molar-refractivity contribution in [3.8, 4) is 0 Å². The van der Waals surface area contributed by atoms with Crippen LogP contribution in [0.1, 0.15) is 18.4 Å². The van der Waals surface area contributed by atoms with E-state index in [1.165, 1.54) is 6.07 Å². The van der Waals surface area contributed by atoms with E-state index in [0.29, 0.717) is 23.7 Å². The second-order valence-electron chi connectivity index (χ2n) is 7.10. The number of nitrogens with zero attached hydrogens (tertiary/aromatic N) is 3. The topological polar surface area (TPSA) is 80.4 Å². The second-order valence-corrected chi connectivity index (χ2v) is 7.10. The smallest absolute Gasteiger partial charge is 0.336 e. The van der Waals surface area contributed by atoms with Crippen LogP contribution >= 0.6 is 0 Å². The Morgan fingerprint density at radius 1 is 1.37 bits per heavy atom. The molecule has 0 spiro atoms. The molecule has 0 saturated carbocycles. The molecule has 4 rings (SSSR count). The van der Waals surface area contributed by atoms with Crippen molar-refractivity contribution in [1.82, 2.24) is 14.5 Å². The van der Waals surface area contributed by atoms with Crippen LogP contribution in [-0.4, -0.2) is 33.6 Å². The molecular weight excluding hydrogens is 344 g/mol. The second kappa shape index (κ2) is 7.26. The molecule has 3 heterocycles. The van der Waals surface area contributed by atoms with Crippen molar-refractivity contribution in [2.75, 3.05) is 18.4 Å². The minimum atomic E-state index is -0.387. The fraction of sp³-hybridized carbons (Fsp3) is 0.350. The molecule has 1 aromatic carbocycles. The maximum absolute atomic E-state index is 12.7. The third-order valence-corrected chi connectivity index (χ3v) is 5.04. The number of aromatic nitrogens is 2. The number of hydrogen-bond donors (Lipinski definition) is 1. The Kier molecular flexibility index (Phi) is 4.66. The van der Waals surface area contributed by atoms with Crippen LogP contribution in [0.5, 0.6) is 0 Å². The van der Waals surface area contributed by atoms with E-state index in [-0.39, 0.29) is 11.7 Å². The monoisotopic (exact) mass is 366 g/mol. The van der Waals surface area contributed by atoms with E-state index < -0.39 is 0 Å². The SMILES string of the molecule is Cc1cc(=O)oc2cc(NC(=O)N3CCC[C@H](Cn4ccnc4)C3)ccc12. The summed E-state index contributed by atoms with van der Waals surface area (Å²) in [6.45, 7) is 4.19. The molecule has 1 aliphatic heterocycles. The average Bonchev–Trinajstić information content (AvgIpc) is 3.14. The van der Waals surface area contributed by atoms with E-state index in [0.717, 1.165) is 36.9 Å². The van der Waals surface area contributed by atoms with Gasteiger partial charge in [0.25, 0.3) is 0 Å². The Bertz CT molecular complexity index is 1010. The number of piperidine rings is 1. The number of carbonyl (C=O) groups is 1. The third-order valence-electron chi connectivity index (χ3n) is 5.04. The lowest BCUT2D eigenvalue weighted by Crippen LogP contribution is -2.43.